The molecule has 20 heavy (non-hydrogen) atoms. The van der Waals surface area contributed by atoms with E-state index < -0.39 is 0 Å². The molecule has 1 atom stereocenters. The predicted molar refractivity (Wildman–Crippen MR) is 86.3 cm³/mol. The second-order valence-corrected chi connectivity index (χ2v) is 5.59. The largest absolute Gasteiger partial charge is 0.338 e. The Bertz CT molecular complexity index is 624. The molecule has 1 aliphatic heterocycles. The number of rotatable bonds is 2. The van der Waals surface area contributed by atoms with E-state index >= 15 is 0 Å². The van der Waals surface area contributed by atoms with Crippen molar-refractivity contribution in [2.24, 2.45) is 0 Å². The van der Waals surface area contributed by atoms with Gasteiger partial charge >= 0.3 is 0 Å². The number of hydrazine groups is 1. The molecule has 3 nitrogen and oxygen atoms in total. The number of benzene rings is 2. The summed E-state index contributed by atoms with van der Waals surface area (Å²) in [5, 5.41) is 5.95. The lowest BCUT2D eigenvalue weighted by Crippen LogP contribution is -2.45. The highest BCUT2D eigenvalue weighted by molar-refractivity contribution is 7.80. The molecule has 0 amide bonds. The van der Waals surface area contributed by atoms with E-state index in [0.29, 0.717) is 5.11 Å². The van der Waals surface area contributed by atoms with E-state index in [9.17, 15) is 0 Å². The molecule has 0 radical (unpaired) electrons. The van der Waals surface area contributed by atoms with Gasteiger partial charge in [-0.3, -0.25) is 0 Å². The average Bonchev–Trinajstić information content (AvgIpc) is 2.77. The Labute approximate surface area is 124 Å². The molecule has 0 bridgehead atoms. The lowest BCUT2D eigenvalue weighted by molar-refractivity contribution is 0.389. The molecule has 1 heterocycles. The van der Waals surface area contributed by atoms with Crippen LogP contribution in [0.2, 0.25) is 0 Å². The van der Waals surface area contributed by atoms with Crippen LogP contribution in [-0.2, 0) is 5.66 Å². The van der Waals surface area contributed by atoms with Crippen LogP contribution in [0.25, 0.3) is 0 Å². The first kappa shape index (κ1) is 13.1. The fraction of sp³-hybridized carbons (Fsp3) is 0.188. The summed E-state index contributed by atoms with van der Waals surface area (Å²) in [5.41, 5.74) is 6.49. The van der Waals surface area contributed by atoms with E-state index in [2.05, 4.69) is 48.9 Å². The fourth-order valence-corrected chi connectivity index (χ4v) is 2.71. The van der Waals surface area contributed by atoms with E-state index in [1.54, 1.807) is 0 Å². The molecule has 3 rings (SSSR count). The molecular formula is C16H17N3S. The highest BCUT2D eigenvalue weighted by Crippen LogP contribution is 2.26. The Morgan fingerprint density at radius 2 is 1.65 bits per heavy atom. The lowest BCUT2D eigenvalue weighted by Gasteiger charge is -2.26. The molecule has 102 valence electrons. The minimum Gasteiger partial charge on any atom is -0.338 e. The smallest absolute Gasteiger partial charge is 0.190 e. The molecule has 2 aromatic carbocycles. The second kappa shape index (κ2) is 4.89. The molecule has 0 spiro atoms. The average molecular weight is 283 g/mol. The first-order valence-electron chi connectivity index (χ1n) is 6.61. The van der Waals surface area contributed by atoms with E-state index in [0.717, 1.165) is 11.3 Å². The summed E-state index contributed by atoms with van der Waals surface area (Å²) in [6.07, 6.45) is 0. The Balaban J connectivity index is 1.91. The Morgan fingerprint density at radius 3 is 2.30 bits per heavy atom. The maximum atomic E-state index is 5.45. The van der Waals surface area contributed by atoms with E-state index in [4.69, 9.17) is 12.2 Å². The van der Waals surface area contributed by atoms with Gasteiger partial charge in [0.25, 0.3) is 0 Å². The third-order valence-corrected chi connectivity index (χ3v) is 3.82. The summed E-state index contributed by atoms with van der Waals surface area (Å²) in [7, 11) is 0. The SMILES string of the molecule is Cc1ccc(C2(C)NC(=S)N(c3ccccc3)N2)cc1. The van der Waals surface area contributed by atoms with Gasteiger partial charge in [-0.2, -0.15) is 5.43 Å². The maximum absolute atomic E-state index is 5.45. The quantitative estimate of drug-likeness (QED) is 0.828. The van der Waals surface area contributed by atoms with Crippen molar-refractivity contribution in [3.63, 3.8) is 0 Å². The normalized spacial score (nSPS) is 21.9. The van der Waals surface area contributed by atoms with Crippen molar-refractivity contribution in [1.82, 2.24) is 10.7 Å². The topological polar surface area (TPSA) is 27.3 Å². The molecule has 0 saturated carbocycles. The van der Waals surface area contributed by atoms with Crippen LogP contribution < -0.4 is 15.8 Å². The molecule has 1 unspecified atom stereocenters. The first-order chi connectivity index (χ1) is 9.58. The molecule has 0 aromatic heterocycles. The number of nitrogens with zero attached hydrogens (tertiary/aromatic N) is 1. The van der Waals surface area contributed by atoms with Crippen molar-refractivity contribution in [2.45, 2.75) is 19.5 Å². The highest BCUT2D eigenvalue weighted by Gasteiger charge is 2.37. The number of aryl methyl sites for hydroxylation is 1. The Kier molecular flexibility index (Phi) is 3.20. The highest BCUT2D eigenvalue weighted by atomic mass is 32.1. The van der Waals surface area contributed by atoms with Crippen LogP contribution >= 0.6 is 12.2 Å². The molecular weight excluding hydrogens is 266 g/mol. The van der Waals surface area contributed by atoms with Crippen LogP contribution in [0.3, 0.4) is 0 Å². The summed E-state index contributed by atoms with van der Waals surface area (Å²) in [6.45, 7) is 4.18. The summed E-state index contributed by atoms with van der Waals surface area (Å²) >= 11 is 5.45. The number of hydrogen-bond donors (Lipinski definition) is 2. The monoisotopic (exact) mass is 283 g/mol. The van der Waals surface area contributed by atoms with Gasteiger partial charge in [-0.05, 0) is 43.8 Å². The van der Waals surface area contributed by atoms with Crippen LogP contribution in [0.15, 0.2) is 54.6 Å². The molecule has 0 aliphatic carbocycles. The van der Waals surface area contributed by atoms with Gasteiger partial charge in [0.2, 0.25) is 0 Å². The van der Waals surface area contributed by atoms with Crippen LogP contribution in [0, 0.1) is 6.92 Å². The third kappa shape index (κ3) is 2.28. The van der Waals surface area contributed by atoms with Gasteiger partial charge in [0, 0.05) is 0 Å². The van der Waals surface area contributed by atoms with Gasteiger partial charge in [-0.25, -0.2) is 5.01 Å². The van der Waals surface area contributed by atoms with Gasteiger partial charge in [0.15, 0.2) is 5.11 Å². The van der Waals surface area contributed by atoms with Crippen molar-refractivity contribution < 1.29 is 0 Å². The summed E-state index contributed by atoms with van der Waals surface area (Å²) in [4.78, 5) is 0. The van der Waals surface area contributed by atoms with Gasteiger partial charge in [0.05, 0.1) is 5.69 Å². The molecule has 2 N–H and O–H groups in total. The van der Waals surface area contributed by atoms with Crippen LogP contribution in [0.5, 0.6) is 0 Å². The zero-order valence-corrected chi connectivity index (χ0v) is 12.4. The van der Waals surface area contributed by atoms with Crippen LogP contribution in [0.1, 0.15) is 18.1 Å². The number of hydrogen-bond acceptors (Lipinski definition) is 2. The van der Waals surface area contributed by atoms with Crippen molar-refractivity contribution >= 4 is 23.0 Å². The molecule has 1 fully saturated rings. The third-order valence-electron chi connectivity index (χ3n) is 3.54. The lowest BCUT2D eigenvalue weighted by atomic mass is 10.0. The minimum absolute atomic E-state index is 0.388. The zero-order valence-electron chi connectivity index (χ0n) is 11.6. The molecule has 1 aliphatic rings. The van der Waals surface area contributed by atoms with Crippen molar-refractivity contribution in [2.75, 3.05) is 5.01 Å². The molecule has 4 heteroatoms. The van der Waals surface area contributed by atoms with Gasteiger partial charge < -0.3 is 5.32 Å². The second-order valence-electron chi connectivity index (χ2n) is 5.20. The van der Waals surface area contributed by atoms with Gasteiger partial charge in [-0.15, -0.1) is 0 Å². The van der Waals surface area contributed by atoms with E-state index in [1.807, 2.05) is 35.3 Å². The number of para-hydroxylation sites is 1. The zero-order chi connectivity index (χ0) is 14.2. The molecule has 2 aromatic rings. The number of thiocarbonyl (C=S) groups is 1. The van der Waals surface area contributed by atoms with E-state index in [-0.39, 0.29) is 5.66 Å². The standard InChI is InChI=1S/C16H17N3S/c1-12-8-10-13(11-9-12)16(2)17-15(20)19(18-16)14-6-4-3-5-7-14/h3-11,18H,1-2H3,(H,17,20). The Hall–Kier alpha value is -1.91. The number of anilines is 1. The first-order valence-corrected chi connectivity index (χ1v) is 7.02. The van der Waals surface area contributed by atoms with Crippen LogP contribution in [-0.4, -0.2) is 5.11 Å². The van der Waals surface area contributed by atoms with Gasteiger partial charge in [-0.1, -0.05) is 48.0 Å². The summed E-state index contributed by atoms with van der Waals surface area (Å²) in [5.74, 6) is 0. The molecule has 1 saturated heterocycles. The van der Waals surface area contributed by atoms with Crippen molar-refractivity contribution in [3.05, 3.63) is 65.7 Å². The maximum Gasteiger partial charge on any atom is 0.190 e. The Morgan fingerprint density at radius 1 is 1.00 bits per heavy atom. The minimum atomic E-state index is -0.388. The fourth-order valence-electron chi connectivity index (χ4n) is 2.35. The summed E-state index contributed by atoms with van der Waals surface area (Å²) in [6, 6.07) is 18.5. The van der Waals surface area contributed by atoms with Crippen molar-refractivity contribution in [3.8, 4) is 0 Å². The van der Waals surface area contributed by atoms with Crippen LogP contribution in [0.4, 0.5) is 5.69 Å². The predicted octanol–water partition coefficient (Wildman–Crippen LogP) is 3.07. The van der Waals surface area contributed by atoms with E-state index in [1.165, 1.54) is 5.56 Å². The summed E-state index contributed by atoms with van der Waals surface area (Å²) < 4.78 is 0. The number of nitrogens with one attached hydrogen (secondary N) is 2. The van der Waals surface area contributed by atoms with Gasteiger partial charge in [0.1, 0.15) is 5.66 Å². The van der Waals surface area contributed by atoms with Crippen molar-refractivity contribution in [1.29, 1.82) is 0 Å².